The summed E-state index contributed by atoms with van der Waals surface area (Å²) in [6.45, 7) is 3.61. The van der Waals surface area contributed by atoms with Crippen molar-refractivity contribution in [2.75, 3.05) is 18.8 Å². The van der Waals surface area contributed by atoms with Crippen molar-refractivity contribution >= 4 is 50.0 Å². The van der Waals surface area contributed by atoms with Crippen molar-refractivity contribution in [1.29, 1.82) is 0 Å². The number of fused-ring (bicyclic) bond motifs is 2. The summed E-state index contributed by atoms with van der Waals surface area (Å²) in [6, 6.07) is 10.4. The molecule has 1 saturated heterocycles. The van der Waals surface area contributed by atoms with Crippen LogP contribution in [0.1, 0.15) is 40.5 Å². The maximum Gasteiger partial charge on any atom is 0.254 e. The third kappa shape index (κ3) is 3.32. The first-order chi connectivity index (χ1) is 16.1. The number of hydrogen-bond acceptors (Lipinski definition) is 6. The Balaban J connectivity index is 1.38. The van der Waals surface area contributed by atoms with Crippen LogP contribution in [-0.2, 0) is 0 Å². The Morgan fingerprint density at radius 1 is 1.18 bits per heavy atom. The van der Waals surface area contributed by atoms with E-state index in [1.54, 1.807) is 28.9 Å². The highest BCUT2D eigenvalue weighted by Crippen LogP contribution is 2.42. The van der Waals surface area contributed by atoms with E-state index in [0.29, 0.717) is 5.82 Å². The summed E-state index contributed by atoms with van der Waals surface area (Å²) in [6.07, 6.45) is 5.46. The Hall–Kier alpha value is -3.23. The zero-order chi connectivity index (χ0) is 22.5. The molecule has 166 valence electrons. The third-order valence-electron chi connectivity index (χ3n) is 6.58. The molecular formula is C25H23N5OS2. The third-order valence-corrected chi connectivity index (χ3v) is 8.55. The molecule has 4 aromatic heterocycles. The summed E-state index contributed by atoms with van der Waals surface area (Å²) in [5, 5.41) is 5.13. The van der Waals surface area contributed by atoms with Crippen LogP contribution in [0.25, 0.3) is 26.2 Å². The van der Waals surface area contributed by atoms with E-state index in [9.17, 15) is 4.79 Å². The number of aryl methyl sites for hydroxylation is 1. The van der Waals surface area contributed by atoms with Crippen molar-refractivity contribution in [2.45, 2.75) is 25.7 Å². The standard InChI is InChI=1S/C25H23N5OS2/c1-15-18-4-2-3-5-19(18)33-22(15)20-21-23(26)27-9-12-30(21)24(28-20)16-6-10-29(11-7-16)25(31)17-8-13-32-14-17/h2-5,8-9,12-14,16H,6-7,10-11H2,1H3,(H2,26,27). The van der Waals surface area contributed by atoms with Gasteiger partial charge in [0.1, 0.15) is 22.9 Å². The van der Waals surface area contributed by atoms with Crippen LogP contribution in [0.15, 0.2) is 53.5 Å². The second kappa shape index (κ2) is 7.97. The van der Waals surface area contributed by atoms with E-state index in [1.165, 1.54) is 15.6 Å². The number of piperidine rings is 1. The molecule has 0 unspecified atom stereocenters. The first kappa shape index (κ1) is 20.4. The number of benzene rings is 1. The average Bonchev–Trinajstić information content (AvgIpc) is 3.58. The van der Waals surface area contributed by atoms with E-state index in [1.807, 2.05) is 27.9 Å². The number of hydrogen-bond donors (Lipinski definition) is 1. The molecule has 6 rings (SSSR count). The lowest BCUT2D eigenvalue weighted by Gasteiger charge is -2.31. The van der Waals surface area contributed by atoms with Gasteiger partial charge in [-0.1, -0.05) is 18.2 Å². The largest absolute Gasteiger partial charge is 0.382 e. The number of carbonyl (C=O) groups excluding carboxylic acids is 1. The minimum absolute atomic E-state index is 0.123. The number of rotatable bonds is 3. The van der Waals surface area contributed by atoms with Crippen molar-refractivity contribution in [3.8, 4) is 10.6 Å². The summed E-state index contributed by atoms with van der Waals surface area (Å²) in [7, 11) is 0. The molecule has 8 heteroatoms. The number of nitrogen functional groups attached to an aromatic ring is 1. The predicted octanol–water partition coefficient (Wildman–Crippen LogP) is 5.58. The summed E-state index contributed by atoms with van der Waals surface area (Å²) in [5.74, 6) is 1.88. The molecule has 6 nitrogen and oxygen atoms in total. The van der Waals surface area contributed by atoms with E-state index in [0.717, 1.165) is 53.4 Å². The first-order valence-corrected chi connectivity index (χ1v) is 12.8. The number of imidazole rings is 1. The van der Waals surface area contributed by atoms with Gasteiger partial charge < -0.3 is 10.6 Å². The Morgan fingerprint density at radius 2 is 2.00 bits per heavy atom. The number of anilines is 1. The molecule has 1 aliphatic rings. The van der Waals surface area contributed by atoms with E-state index in [-0.39, 0.29) is 11.8 Å². The molecule has 0 bridgehead atoms. The molecule has 0 spiro atoms. The monoisotopic (exact) mass is 473 g/mol. The Morgan fingerprint density at radius 3 is 2.76 bits per heavy atom. The van der Waals surface area contributed by atoms with Gasteiger partial charge in [0.2, 0.25) is 0 Å². The molecule has 0 saturated carbocycles. The van der Waals surface area contributed by atoms with Gasteiger partial charge in [-0.3, -0.25) is 9.20 Å². The Labute approximate surface area is 199 Å². The van der Waals surface area contributed by atoms with Gasteiger partial charge in [0.05, 0.1) is 10.4 Å². The predicted molar refractivity (Wildman–Crippen MR) is 135 cm³/mol. The van der Waals surface area contributed by atoms with Crippen molar-refractivity contribution < 1.29 is 4.79 Å². The van der Waals surface area contributed by atoms with Crippen LogP contribution in [0.2, 0.25) is 0 Å². The van der Waals surface area contributed by atoms with Crippen molar-refractivity contribution in [3.63, 3.8) is 0 Å². The molecule has 0 aliphatic carbocycles. The van der Waals surface area contributed by atoms with Crippen LogP contribution < -0.4 is 5.73 Å². The van der Waals surface area contributed by atoms with Gasteiger partial charge >= 0.3 is 0 Å². The topological polar surface area (TPSA) is 76.5 Å². The fourth-order valence-electron chi connectivity index (χ4n) is 4.84. The van der Waals surface area contributed by atoms with Gasteiger partial charge in [0.25, 0.3) is 5.91 Å². The van der Waals surface area contributed by atoms with Crippen LogP contribution in [0, 0.1) is 6.92 Å². The van der Waals surface area contributed by atoms with Crippen LogP contribution in [-0.4, -0.2) is 38.3 Å². The maximum absolute atomic E-state index is 12.8. The second-order valence-electron chi connectivity index (χ2n) is 8.48. The van der Waals surface area contributed by atoms with Crippen LogP contribution in [0.3, 0.4) is 0 Å². The van der Waals surface area contributed by atoms with Gasteiger partial charge in [0.15, 0.2) is 0 Å². The molecule has 1 aromatic carbocycles. The van der Waals surface area contributed by atoms with E-state index in [4.69, 9.17) is 10.7 Å². The summed E-state index contributed by atoms with van der Waals surface area (Å²) >= 11 is 3.31. The molecule has 2 N–H and O–H groups in total. The average molecular weight is 474 g/mol. The highest BCUT2D eigenvalue weighted by atomic mass is 32.1. The number of amides is 1. The van der Waals surface area contributed by atoms with E-state index in [2.05, 4.69) is 40.6 Å². The highest BCUT2D eigenvalue weighted by Gasteiger charge is 2.29. The summed E-state index contributed by atoms with van der Waals surface area (Å²) in [5.41, 5.74) is 10.2. The lowest BCUT2D eigenvalue weighted by Crippen LogP contribution is -2.38. The zero-order valence-corrected chi connectivity index (χ0v) is 19.8. The first-order valence-electron chi connectivity index (χ1n) is 11.0. The molecule has 0 atom stereocenters. The molecular weight excluding hydrogens is 450 g/mol. The lowest BCUT2D eigenvalue weighted by molar-refractivity contribution is 0.0711. The second-order valence-corrected chi connectivity index (χ2v) is 10.3. The molecule has 1 aliphatic heterocycles. The zero-order valence-electron chi connectivity index (χ0n) is 18.2. The smallest absolute Gasteiger partial charge is 0.254 e. The van der Waals surface area contributed by atoms with Crippen LogP contribution in [0.5, 0.6) is 0 Å². The highest BCUT2D eigenvalue weighted by molar-refractivity contribution is 7.22. The fraction of sp³-hybridized carbons (Fsp3) is 0.240. The molecule has 0 radical (unpaired) electrons. The summed E-state index contributed by atoms with van der Waals surface area (Å²) in [4.78, 5) is 25.4. The van der Waals surface area contributed by atoms with Gasteiger partial charge in [0, 0.05) is 41.5 Å². The van der Waals surface area contributed by atoms with Gasteiger partial charge in [-0.15, -0.1) is 11.3 Å². The quantitative estimate of drug-likeness (QED) is 0.371. The number of carbonyl (C=O) groups is 1. The van der Waals surface area contributed by atoms with Gasteiger partial charge in [-0.05, 0) is 48.2 Å². The van der Waals surface area contributed by atoms with Gasteiger partial charge in [-0.2, -0.15) is 11.3 Å². The lowest BCUT2D eigenvalue weighted by atomic mass is 9.95. The normalized spacial score (nSPS) is 15.0. The summed E-state index contributed by atoms with van der Waals surface area (Å²) < 4.78 is 3.36. The number of nitrogens with zero attached hydrogens (tertiary/aromatic N) is 4. The SMILES string of the molecule is Cc1c(-c2nc(C3CCN(C(=O)c4ccsc4)CC3)n3ccnc(N)c23)sc2ccccc12. The fourth-order valence-corrected chi connectivity index (χ4v) is 6.67. The number of aromatic nitrogens is 3. The minimum atomic E-state index is 0.123. The Bertz CT molecular complexity index is 1480. The minimum Gasteiger partial charge on any atom is -0.382 e. The molecule has 1 fully saturated rings. The van der Waals surface area contributed by atoms with E-state index >= 15 is 0 Å². The Kier molecular flexibility index (Phi) is 4.92. The van der Waals surface area contributed by atoms with Crippen molar-refractivity contribution in [1.82, 2.24) is 19.3 Å². The molecule has 5 aromatic rings. The molecule has 5 heterocycles. The number of likely N-dealkylation sites (tertiary alicyclic amines) is 1. The maximum atomic E-state index is 12.8. The van der Waals surface area contributed by atoms with Crippen molar-refractivity contribution in [2.24, 2.45) is 0 Å². The van der Waals surface area contributed by atoms with Crippen molar-refractivity contribution in [3.05, 3.63) is 70.4 Å². The van der Waals surface area contributed by atoms with Gasteiger partial charge in [-0.25, -0.2) is 9.97 Å². The van der Waals surface area contributed by atoms with Crippen LogP contribution >= 0.6 is 22.7 Å². The molecule has 33 heavy (non-hydrogen) atoms. The van der Waals surface area contributed by atoms with E-state index < -0.39 is 0 Å². The molecule has 1 amide bonds. The number of thiophene rings is 2. The number of nitrogens with two attached hydrogens (primary N) is 1. The van der Waals surface area contributed by atoms with Crippen LogP contribution in [0.4, 0.5) is 5.82 Å².